The van der Waals surface area contributed by atoms with Crippen molar-refractivity contribution in [1.82, 2.24) is 0 Å². The molecule has 66 valence electrons. The quantitative estimate of drug-likeness (QED) is 0.731. The standard InChI is InChI=1S/C10H3BrN2S/c11-8-1-6-3-9(5-13)14-10(6)7(2-8)4-12/h1-3H. The van der Waals surface area contributed by atoms with Gasteiger partial charge in [0, 0.05) is 4.47 Å². The highest BCUT2D eigenvalue weighted by atomic mass is 79.9. The van der Waals surface area contributed by atoms with E-state index in [2.05, 4.69) is 28.1 Å². The van der Waals surface area contributed by atoms with E-state index in [1.54, 1.807) is 12.1 Å². The normalized spacial score (nSPS) is 9.64. The largest absolute Gasteiger partial charge is 0.192 e. The van der Waals surface area contributed by atoms with Gasteiger partial charge in [0.05, 0.1) is 10.3 Å². The Labute approximate surface area is 93.1 Å². The fourth-order valence-corrected chi connectivity index (χ4v) is 2.63. The van der Waals surface area contributed by atoms with Gasteiger partial charge in [-0.25, -0.2) is 0 Å². The zero-order valence-corrected chi connectivity index (χ0v) is 9.32. The molecule has 2 aromatic rings. The van der Waals surface area contributed by atoms with Crippen LogP contribution in [0.4, 0.5) is 0 Å². The highest BCUT2D eigenvalue weighted by Crippen LogP contribution is 2.31. The Balaban J connectivity index is 2.88. The molecule has 4 heteroatoms. The molecule has 1 aromatic heterocycles. The van der Waals surface area contributed by atoms with Crippen LogP contribution in [-0.4, -0.2) is 0 Å². The molecule has 0 aliphatic heterocycles. The molecule has 0 amide bonds. The zero-order chi connectivity index (χ0) is 10.1. The third kappa shape index (κ3) is 1.39. The maximum absolute atomic E-state index is 8.89. The van der Waals surface area contributed by atoms with E-state index >= 15 is 0 Å². The van der Waals surface area contributed by atoms with Crippen LogP contribution in [0.2, 0.25) is 0 Å². The van der Waals surface area contributed by atoms with E-state index in [0.29, 0.717) is 10.4 Å². The van der Waals surface area contributed by atoms with Gasteiger partial charge in [0.25, 0.3) is 0 Å². The summed E-state index contributed by atoms with van der Waals surface area (Å²) >= 11 is 4.68. The molecule has 1 aromatic carbocycles. The average molecular weight is 263 g/mol. The molecular formula is C10H3BrN2S. The minimum atomic E-state index is 0.612. The number of halogens is 1. The van der Waals surface area contributed by atoms with Crippen molar-refractivity contribution in [3.8, 4) is 12.1 Å². The topological polar surface area (TPSA) is 47.6 Å². The maximum Gasteiger partial charge on any atom is 0.110 e. The van der Waals surface area contributed by atoms with Crippen LogP contribution in [0.1, 0.15) is 10.4 Å². The van der Waals surface area contributed by atoms with Crippen LogP contribution in [-0.2, 0) is 0 Å². The molecule has 14 heavy (non-hydrogen) atoms. The van der Waals surface area contributed by atoms with E-state index < -0.39 is 0 Å². The van der Waals surface area contributed by atoms with E-state index in [9.17, 15) is 0 Å². The summed E-state index contributed by atoms with van der Waals surface area (Å²) < 4.78 is 1.75. The molecule has 0 aliphatic rings. The molecule has 0 fully saturated rings. The van der Waals surface area contributed by atoms with Gasteiger partial charge in [0.2, 0.25) is 0 Å². The lowest BCUT2D eigenvalue weighted by Gasteiger charge is -1.93. The van der Waals surface area contributed by atoms with Crippen LogP contribution in [0.15, 0.2) is 22.7 Å². The van der Waals surface area contributed by atoms with Crippen molar-refractivity contribution < 1.29 is 0 Å². The Morgan fingerprint density at radius 2 is 1.93 bits per heavy atom. The molecule has 0 saturated heterocycles. The minimum absolute atomic E-state index is 0.612. The van der Waals surface area contributed by atoms with E-state index in [4.69, 9.17) is 10.5 Å². The predicted octanol–water partition coefficient (Wildman–Crippen LogP) is 3.41. The maximum atomic E-state index is 8.89. The molecule has 0 bridgehead atoms. The SMILES string of the molecule is N#Cc1cc2cc(Br)cc(C#N)c2s1. The fourth-order valence-electron chi connectivity index (χ4n) is 1.25. The number of fused-ring (bicyclic) bond motifs is 1. The van der Waals surface area contributed by atoms with Gasteiger partial charge >= 0.3 is 0 Å². The number of benzene rings is 1. The van der Waals surface area contributed by atoms with Crippen LogP contribution in [0.25, 0.3) is 10.1 Å². The number of thiophene rings is 1. The summed E-state index contributed by atoms with van der Waals surface area (Å²) in [6.45, 7) is 0. The molecule has 0 aliphatic carbocycles. The summed E-state index contributed by atoms with van der Waals surface area (Å²) in [7, 11) is 0. The highest BCUT2D eigenvalue weighted by Gasteiger charge is 2.07. The lowest BCUT2D eigenvalue weighted by atomic mass is 10.2. The first-order chi connectivity index (χ1) is 6.74. The van der Waals surface area contributed by atoms with Gasteiger partial charge < -0.3 is 0 Å². The van der Waals surface area contributed by atoms with Crippen molar-refractivity contribution in [3.63, 3.8) is 0 Å². The number of hydrogen-bond acceptors (Lipinski definition) is 3. The van der Waals surface area contributed by atoms with Gasteiger partial charge in [0.1, 0.15) is 17.0 Å². The molecule has 0 saturated carbocycles. The minimum Gasteiger partial charge on any atom is -0.192 e. The van der Waals surface area contributed by atoms with Crippen molar-refractivity contribution in [2.75, 3.05) is 0 Å². The van der Waals surface area contributed by atoms with Crippen molar-refractivity contribution in [2.45, 2.75) is 0 Å². The number of rotatable bonds is 0. The van der Waals surface area contributed by atoms with Crippen LogP contribution < -0.4 is 0 Å². The van der Waals surface area contributed by atoms with E-state index in [0.717, 1.165) is 14.6 Å². The van der Waals surface area contributed by atoms with Gasteiger partial charge in [-0.2, -0.15) is 10.5 Å². The van der Waals surface area contributed by atoms with Crippen molar-refractivity contribution in [1.29, 1.82) is 10.5 Å². The molecular weight excluding hydrogens is 260 g/mol. The summed E-state index contributed by atoms with van der Waals surface area (Å²) in [4.78, 5) is 0.634. The molecule has 0 radical (unpaired) electrons. The average Bonchev–Trinajstić information content (AvgIpc) is 2.59. The second-order valence-corrected chi connectivity index (χ2v) is 4.67. The lowest BCUT2D eigenvalue weighted by Crippen LogP contribution is -1.74. The smallest absolute Gasteiger partial charge is 0.110 e. The molecule has 1 heterocycles. The van der Waals surface area contributed by atoms with Crippen molar-refractivity contribution >= 4 is 37.4 Å². The molecule has 0 spiro atoms. The summed E-state index contributed by atoms with van der Waals surface area (Å²) in [6.07, 6.45) is 0. The Bertz CT molecular complexity index is 586. The number of nitrogens with zero attached hydrogens (tertiary/aromatic N) is 2. The summed E-state index contributed by atoms with van der Waals surface area (Å²) in [5.41, 5.74) is 0.612. The van der Waals surface area contributed by atoms with Crippen LogP contribution >= 0.6 is 27.3 Å². The zero-order valence-electron chi connectivity index (χ0n) is 6.91. The van der Waals surface area contributed by atoms with Crippen molar-refractivity contribution in [3.05, 3.63) is 33.1 Å². The third-order valence-electron chi connectivity index (χ3n) is 1.81. The van der Waals surface area contributed by atoms with Crippen LogP contribution in [0, 0.1) is 22.7 Å². The number of hydrogen-bond donors (Lipinski definition) is 0. The Hall–Kier alpha value is -1.36. The van der Waals surface area contributed by atoms with E-state index in [1.807, 2.05) is 6.07 Å². The molecule has 2 nitrogen and oxygen atoms in total. The van der Waals surface area contributed by atoms with E-state index in [1.165, 1.54) is 11.3 Å². The predicted molar refractivity (Wildman–Crippen MR) is 59.0 cm³/mol. The van der Waals surface area contributed by atoms with Crippen LogP contribution in [0.5, 0.6) is 0 Å². The Morgan fingerprint density at radius 1 is 1.14 bits per heavy atom. The second-order valence-electron chi connectivity index (χ2n) is 2.71. The first kappa shape index (κ1) is 9.21. The lowest BCUT2D eigenvalue weighted by molar-refractivity contribution is 1.50. The van der Waals surface area contributed by atoms with Gasteiger partial charge in [0.15, 0.2) is 0 Å². The Morgan fingerprint density at radius 3 is 2.57 bits per heavy atom. The molecule has 0 atom stereocenters. The van der Waals surface area contributed by atoms with Crippen LogP contribution in [0.3, 0.4) is 0 Å². The monoisotopic (exact) mass is 262 g/mol. The van der Waals surface area contributed by atoms with E-state index in [-0.39, 0.29) is 0 Å². The fraction of sp³-hybridized carbons (Fsp3) is 0. The third-order valence-corrected chi connectivity index (χ3v) is 3.36. The van der Waals surface area contributed by atoms with Gasteiger partial charge in [-0.05, 0) is 23.6 Å². The van der Waals surface area contributed by atoms with Gasteiger partial charge in [-0.3, -0.25) is 0 Å². The first-order valence-electron chi connectivity index (χ1n) is 3.78. The van der Waals surface area contributed by atoms with Gasteiger partial charge in [-0.15, -0.1) is 11.3 Å². The summed E-state index contributed by atoms with van der Waals surface area (Å²) in [5.74, 6) is 0. The second kappa shape index (κ2) is 3.42. The summed E-state index contributed by atoms with van der Waals surface area (Å²) in [6, 6.07) is 9.67. The highest BCUT2D eigenvalue weighted by molar-refractivity contribution is 9.10. The first-order valence-corrected chi connectivity index (χ1v) is 5.39. The number of nitriles is 2. The van der Waals surface area contributed by atoms with Gasteiger partial charge in [-0.1, -0.05) is 15.9 Å². The summed E-state index contributed by atoms with van der Waals surface area (Å²) in [5, 5.41) is 18.6. The molecule has 0 N–H and O–H groups in total. The Kier molecular flexibility index (Phi) is 2.25. The molecule has 2 rings (SSSR count). The molecule has 0 unspecified atom stereocenters. The van der Waals surface area contributed by atoms with Crippen molar-refractivity contribution in [2.24, 2.45) is 0 Å².